The highest BCUT2D eigenvalue weighted by Gasteiger charge is 2.16. The van der Waals surface area contributed by atoms with Crippen molar-refractivity contribution in [2.75, 3.05) is 0 Å². The third kappa shape index (κ3) is 5.42. The van der Waals surface area contributed by atoms with Gasteiger partial charge < -0.3 is 0 Å². The quantitative estimate of drug-likeness (QED) is 0.192. The van der Waals surface area contributed by atoms with Crippen molar-refractivity contribution >= 4 is 21.6 Å². The predicted molar refractivity (Wildman–Crippen MR) is 186 cm³/mol. The van der Waals surface area contributed by atoms with Gasteiger partial charge in [-0.25, -0.2) is 19.9 Å². The van der Waals surface area contributed by atoms with E-state index in [1.165, 1.54) is 4.70 Å². The molecule has 0 saturated carbocycles. The van der Waals surface area contributed by atoms with Gasteiger partial charge in [-0.2, -0.15) is 0 Å². The Bertz CT molecular complexity index is 2190. The first-order valence-corrected chi connectivity index (χ1v) is 15.6. The Kier molecular flexibility index (Phi) is 6.98. The first-order valence-electron chi connectivity index (χ1n) is 14.8. The van der Waals surface area contributed by atoms with E-state index in [4.69, 9.17) is 19.9 Å². The summed E-state index contributed by atoms with van der Waals surface area (Å²) in [5, 5.41) is 1.03. The molecule has 0 spiro atoms. The normalized spacial score (nSPS) is 11.1. The zero-order valence-corrected chi connectivity index (χ0v) is 25.0. The van der Waals surface area contributed by atoms with Gasteiger partial charge >= 0.3 is 0 Å². The van der Waals surface area contributed by atoms with Crippen molar-refractivity contribution in [2.45, 2.75) is 0 Å². The molecule has 0 amide bonds. The molecule has 0 aliphatic carbocycles. The monoisotopic (exact) mass is 594 g/mol. The Morgan fingerprint density at radius 3 is 1.49 bits per heavy atom. The van der Waals surface area contributed by atoms with Crippen molar-refractivity contribution in [1.82, 2.24) is 19.9 Å². The molecule has 0 fully saturated rings. The summed E-state index contributed by atoms with van der Waals surface area (Å²) in [4.78, 5) is 19.8. The lowest BCUT2D eigenvalue weighted by Gasteiger charge is -2.13. The summed E-state index contributed by atoms with van der Waals surface area (Å²) in [7, 11) is 0. The molecule has 0 aliphatic heterocycles. The van der Waals surface area contributed by atoms with Crippen LogP contribution in [-0.4, -0.2) is 19.9 Å². The molecule has 2 aromatic heterocycles. The SMILES string of the molecule is c1ccc(-c2nc(-c3ccccc3)nc(-c3ccccc3-c3cccc(-c4cccc(-c5nc6ccccc6s5)c4)c3)n2)cc1. The van der Waals surface area contributed by atoms with Crippen molar-refractivity contribution in [1.29, 1.82) is 0 Å². The maximum Gasteiger partial charge on any atom is 0.164 e. The summed E-state index contributed by atoms with van der Waals surface area (Å²) in [6.07, 6.45) is 0. The van der Waals surface area contributed by atoms with Crippen molar-refractivity contribution in [2.24, 2.45) is 0 Å². The van der Waals surface area contributed by atoms with Crippen LogP contribution < -0.4 is 0 Å². The molecule has 0 N–H and O–H groups in total. The van der Waals surface area contributed by atoms with Crippen molar-refractivity contribution in [3.8, 4) is 67.0 Å². The molecule has 0 unspecified atom stereocenters. The van der Waals surface area contributed by atoms with Crippen LogP contribution in [0.25, 0.3) is 77.2 Å². The van der Waals surface area contributed by atoms with Gasteiger partial charge in [-0.1, -0.05) is 133 Å². The Balaban J connectivity index is 1.22. The zero-order valence-electron chi connectivity index (χ0n) is 24.2. The summed E-state index contributed by atoms with van der Waals surface area (Å²) in [6, 6.07) is 54.1. The van der Waals surface area contributed by atoms with Crippen LogP contribution in [-0.2, 0) is 0 Å². The molecule has 8 rings (SSSR count). The minimum Gasteiger partial charge on any atom is -0.236 e. The highest BCUT2D eigenvalue weighted by molar-refractivity contribution is 7.21. The van der Waals surface area contributed by atoms with Gasteiger partial charge in [0.05, 0.1) is 10.2 Å². The number of para-hydroxylation sites is 1. The van der Waals surface area contributed by atoms with Crippen LogP contribution in [0.3, 0.4) is 0 Å². The van der Waals surface area contributed by atoms with Gasteiger partial charge in [-0.3, -0.25) is 0 Å². The largest absolute Gasteiger partial charge is 0.236 e. The lowest BCUT2D eigenvalue weighted by Crippen LogP contribution is -2.01. The maximum absolute atomic E-state index is 5.00. The molecule has 212 valence electrons. The molecule has 4 nitrogen and oxygen atoms in total. The van der Waals surface area contributed by atoms with Crippen LogP contribution in [0, 0.1) is 0 Å². The Hall–Kier alpha value is -5.78. The molecular weight excluding hydrogens is 569 g/mol. The molecule has 0 atom stereocenters. The third-order valence-corrected chi connectivity index (χ3v) is 8.86. The van der Waals surface area contributed by atoms with Gasteiger partial charge in [0.2, 0.25) is 0 Å². The number of aromatic nitrogens is 4. The van der Waals surface area contributed by atoms with E-state index in [0.717, 1.165) is 55.0 Å². The fraction of sp³-hybridized carbons (Fsp3) is 0. The standard InChI is InChI=1S/C40H26N4S/c1-3-13-27(14-4-1)37-42-38(28-15-5-2-6-16-28)44-39(43-37)34-22-8-7-21-33(34)31-19-11-17-29(25-31)30-18-12-20-32(26-30)40-41-35-23-9-10-24-36(35)45-40/h1-26H. The molecule has 0 bridgehead atoms. The fourth-order valence-electron chi connectivity index (χ4n) is 5.55. The maximum atomic E-state index is 5.00. The lowest BCUT2D eigenvalue weighted by atomic mass is 9.95. The number of thiazole rings is 1. The average Bonchev–Trinajstić information content (AvgIpc) is 3.57. The summed E-state index contributed by atoms with van der Waals surface area (Å²) in [5.74, 6) is 1.94. The van der Waals surface area contributed by atoms with Crippen LogP contribution in [0.1, 0.15) is 0 Å². The number of fused-ring (bicyclic) bond motifs is 1. The number of benzene rings is 6. The van der Waals surface area contributed by atoms with Crippen LogP contribution in [0.4, 0.5) is 0 Å². The minimum atomic E-state index is 0.640. The number of hydrogen-bond acceptors (Lipinski definition) is 5. The fourth-order valence-corrected chi connectivity index (χ4v) is 6.51. The molecule has 8 aromatic rings. The highest BCUT2D eigenvalue weighted by atomic mass is 32.1. The first kappa shape index (κ1) is 26.8. The van der Waals surface area contributed by atoms with E-state index >= 15 is 0 Å². The molecule has 0 saturated heterocycles. The molecule has 0 radical (unpaired) electrons. The van der Waals surface area contributed by atoms with Crippen molar-refractivity contribution < 1.29 is 0 Å². The van der Waals surface area contributed by atoms with Crippen LogP contribution in [0.2, 0.25) is 0 Å². The van der Waals surface area contributed by atoms with E-state index in [0.29, 0.717) is 17.5 Å². The van der Waals surface area contributed by atoms with E-state index in [-0.39, 0.29) is 0 Å². The summed E-state index contributed by atoms with van der Waals surface area (Å²) in [6.45, 7) is 0. The van der Waals surface area contributed by atoms with Crippen molar-refractivity contribution in [3.63, 3.8) is 0 Å². The summed E-state index contributed by atoms with van der Waals surface area (Å²) in [5.41, 5.74) is 9.44. The lowest BCUT2D eigenvalue weighted by molar-refractivity contribution is 1.07. The average molecular weight is 595 g/mol. The number of nitrogens with zero attached hydrogens (tertiary/aromatic N) is 4. The van der Waals surface area contributed by atoms with Gasteiger partial charge in [0.1, 0.15) is 5.01 Å². The van der Waals surface area contributed by atoms with Gasteiger partial charge in [0.15, 0.2) is 17.5 Å². The highest BCUT2D eigenvalue weighted by Crippen LogP contribution is 2.36. The molecule has 0 aliphatic rings. The first-order chi connectivity index (χ1) is 22.3. The molecule has 5 heteroatoms. The molecule has 6 aromatic carbocycles. The second-order valence-electron chi connectivity index (χ2n) is 10.7. The van der Waals surface area contributed by atoms with E-state index in [1.807, 2.05) is 72.8 Å². The van der Waals surface area contributed by atoms with Gasteiger partial charge in [0.25, 0.3) is 0 Å². The Morgan fingerprint density at radius 1 is 0.333 bits per heavy atom. The second-order valence-corrected chi connectivity index (χ2v) is 11.8. The van der Waals surface area contributed by atoms with Crippen LogP contribution >= 0.6 is 11.3 Å². The van der Waals surface area contributed by atoms with Crippen molar-refractivity contribution in [3.05, 3.63) is 158 Å². The van der Waals surface area contributed by atoms with Gasteiger partial charge in [0, 0.05) is 22.3 Å². The molecule has 45 heavy (non-hydrogen) atoms. The summed E-state index contributed by atoms with van der Waals surface area (Å²) < 4.78 is 1.20. The zero-order chi connectivity index (χ0) is 30.0. The van der Waals surface area contributed by atoms with Crippen LogP contribution in [0.15, 0.2) is 158 Å². The topological polar surface area (TPSA) is 51.6 Å². The summed E-state index contributed by atoms with van der Waals surface area (Å²) >= 11 is 1.72. The van der Waals surface area contributed by atoms with E-state index in [2.05, 4.69) is 84.9 Å². The van der Waals surface area contributed by atoms with Gasteiger partial charge in [-0.05, 0) is 46.5 Å². The number of rotatable bonds is 6. The Labute approximate surface area is 265 Å². The van der Waals surface area contributed by atoms with Crippen LogP contribution in [0.5, 0.6) is 0 Å². The van der Waals surface area contributed by atoms with E-state index < -0.39 is 0 Å². The Morgan fingerprint density at radius 2 is 0.822 bits per heavy atom. The van der Waals surface area contributed by atoms with E-state index in [1.54, 1.807) is 11.3 Å². The number of hydrogen-bond donors (Lipinski definition) is 0. The molecular formula is C40H26N4S. The van der Waals surface area contributed by atoms with Gasteiger partial charge in [-0.15, -0.1) is 11.3 Å². The van der Waals surface area contributed by atoms with E-state index in [9.17, 15) is 0 Å². The smallest absolute Gasteiger partial charge is 0.164 e. The minimum absolute atomic E-state index is 0.640. The third-order valence-electron chi connectivity index (χ3n) is 7.78. The molecule has 2 heterocycles. The second kappa shape index (κ2) is 11.7. The predicted octanol–water partition coefficient (Wildman–Crippen LogP) is 10.5.